The molecule has 5 heteroatoms. The van der Waals surface area contributed by atoms with Gasteiger partial charge in [-0.2, -0.15) is 0 Å². The fourth-order valence-electron chi connectivity index (χ4n) is 2.68. The van der Waals surface area contributed by atoms with Gasteiger partial charge in [0.05, 0.1) is 6.54 Å². The average molecular weight is 283 g/mol. The van der Waals surface area contributed by atoms with Crippen LogP contribution in [-0.2, 0) is 6.42 Å². The minimum atomic E-state index is -1.46. The molecule has 1 aliphatic rings. The Labute approximate surface area is 124 Å². The summed E-state index contributed by atoms with van der Waals surface area (Å²) in [4.78, 5) is 2.32. The first-order valence-corrected chi connectivity index (χ1v) is 7.16. The number of anilines is 1. The van der Waals surface area contributed by atoms with E-state index in [0.29, 0.717) is 17.8 Å². The maximum atomic E-state index is 9.15. The summed E-state index contributed by atoms with van der Waals surface area (Å²) < 4.78 is 5.71. The van der Waals surface area contributed by atoms with Crippen molar-refractivity contribution < 1.29 is 14.8 Å². The molecule has 0 saturated carbocycles. The molecular formula is C16H18BNO3. The SMILES string of the molecule is OB(O)c1cccc(OCCN2CCc3ccccc32)c1. The number of nitrogens with zero attached hydrogens (tertiary/aromatic N) is 1. The van der Waals surface area contributed by atoms with E-state index in [2.05, 4.69) is 29.2 Å². The molecule has 3 rings (SSSR count). The van der Waals surface area contributed by atoms with Crippen LogP contribution in [0.4, 0.5) is 5.69 Å². The lowest BCUT2D eigenvalue weighted by Gasteiger charge is -2.19. The van der Waals surface area contributed by atoms with Gasteiger partial charge >= 0.3 is 7.12 Å². The zero-order chi connectivity index (χ0) is 14.7. The van der Waals surface area contributed by atoms with E-state index in [-0.39, 0.29) is 0 Å². The number of para-hydroxylation sites is 1. The molecule has 0 bridgehead atoms. The molecule has 0 spiro atoms. The van der Waals surface area contributed by atoms with Gasteiger partial charge in [-0.3, -0.25) is 0 Å². The van der Waals surface area contributed by atoms with Crippen molar-refractivity contribution in [2.45, 2.75) is 6.42 Å². The normalized spacial score (nSPS) is 13.1. The highest BCUT2D eigenvalue weighted by molar-refractivity contribution is 6.58. The standard InChI is InChI=1S/C16H18BNO3/c19-17(20)14-5-3-6-15(12-14)21-11-10-18-9-8-13-4-1-2-7-16(13)18/h1-7,12,19-20H,8-11H2. The highest BCUT2D eigenvalue weighted by Gasteiger charge is 2.17. The molecule has 108 valence electrons. The highest BCUT2D eigenvalue weighted by atomic mass is 16.5. The minimum absolute atomic E-state index is 0.444. The molecule has 2 aromatic carbocycles. The van der Waals surface area contributed by atoms with E-state index < -0.39 is 7.12 Å². The van der Waals surface area contributed by atoms with Crippen molar-refractivity contribution in [3.63, 3.8) is 0 Å². The topological polar surface area (TPSA) is 52.9 Å². The monoisotopic (exact) mass is 283 g/mol. The molecular weight excluding hydrogens is 265 g/mol. The summed E-state index contributed by atoms with van der Waals surface area (Å²) in [5.41, 5.74) is 3.13. The summed E-state index contributed by atoms with van der Waals surface area (Å²) in [7, 11) is -1.46. The Kier molecular flexibility index (Phi) is 4.13. The second-order valence-electron chi connectivity index (χ2n) is 5.16. The first-order chi connectivity index (χ1) is 10.2. The zero-order valence-electron chi connectivity index (χ0n) is 11.8. The third-order valence-electron chi connectivity index (χ3n) is 3.77. The summed E-state index contributed by atoms with van der Waals surface area (Å²) in [5.74, 6) is 0.660. The van der Waals surface area contributed by atoms with Crippen LogP contribution in [0.2, 0.25) is 0 Å². The van der Waals surface area contributed by atoms with Crippen molar-refractivity contribution in [3.05, 3.63) is 54.1 Å². The lowest BCUT2D eigenvalue weighted by Crippen LogP contribution is -2.30. The Morgan fingerprint density at radius 3 is 2.81 bits per heavy atom. The van der Waals surface area contributed by atoms with Gasteiger partial charge in [-0.15, -0.1) is 0 Å². The maximum absolute atomic E-state index is 9.15. The molecule has 0 atom stereocenters. The molecule has 2 aromatic rings. The molecule has 0 unspecified atom stereocenters. The van der Waals surface area contributed by atoms with Crippen LogP contribution in [-0.4, -0.2) is 36.9 Å². The van der Waals surface area contributed by atoms with Crippen molar-refractivity contribution in [2.75, 3.05) is 24.6 Å². The van der Waals surface area contributed by atoms with Gasteiger partial charge in [-0.1, -0.05) is 30.3 Å². The van der Waals surface area contributed by atoms with Gasteiger partial charge in [0.2, 0.25) is 0 Å². The van der Waals surface area contributed by atoms with Gasteiger partial charge in [0.1, 0.15) is 12.4 Å². The fourth-order valence-corrected chi connectivity index (χ4v) is 2.68. The number of hydrogen-bond acceptors (Lipinski definition) is 4. The van der Waals surface area contributed by atoms with Gasteiger partial charge < -0.3 is 19.7 Å². The smallest absolute Gasteiger partial charge is 0.488 e. The first kappa shape index (κ1) is 14.0. The average Bonchev–Trinajstić information content (AvgIpc) is 2.91. The molecule has 0 aromatic heterocycles. The Morgan fingerprint density at radius 2 is 1.95 bits per heavy atom. The first-order valence-electron chi connectivity index (χ1n) is 7.16. The molecule has 2 N–H and O–H groups in total. The van der Waals surface area contributed by atoms with E-state index in [1.54, 1.807) is 18.2 Å². The van der Waals surface area contributed by atoms with E-state index in [1.165, 1.54) is 11.3 Å². The van der Waals surface area contributed by atoms with E-state index in [4.69, 9.17) is 14.8 Å². The van der Waals surface area contributed by atoms with E-state index >= 15 is 0 Å². The zero-order valence-corrected chi connectivity index (χ0v) is 11.8. The number of hydrogen-bond donors (Lipinski definition) is 2. The van der Waals surface area contributed by atoms with E-state index in [1.807, 2.05) is 6.07 Å². The van der Waals surface area contributed by atoms with Crippen molar-refractivity contribution in [1.82, 2.24) is 0 Å². The Bertz CT molecular complexity index is 618. The predicted octanol–water partition coefficient (Wildman–Crippen LogP) is 0.808. The molecule has 0 saturated heterocycles. The Morgan fingerprint density at radius 1 is 1.10 bits per heavy atom. The summed E-state index contributed by atoms with van der Waals surface area (Å²) in [6.07, 6.45) is 1.09. The molecule has 1 heterocycles. The van der Waals surface area contributed by atoms with Crippen LogP contribution in [0.1, 0.15) is 5.56 Å². The summed E-state index contributed by atoms with van der Waals surface area (Å²) in [5, 5.41) is 18.3. The second-order valence-corrected chi connectivity index (χ2v) is 5.16. The molecule has 0 radical (unpaired) electrons. The summed E-state index contributed by atoms with van der Waals surface area (Å²) in [6, 6.07) is 15.3. The molecule has 0 fully saturated rings. The van der Waals surface area contributed by atoms with Crippen LogP contribution in [0, 0.1) is 0 Å². The van der Waals surface area contributed by atoms with Gasteiger partial charge in [0.15, 0.2) is 0 Å². The van der Waals surface area contributed by atoms with Gasteiger partial charge in [0, 0.05) is 12.2 Å². The Hall–Kier alpha value is -1.98. The fraction of sp³-hybridized carbons (Fsp3) is 0.250. The van der Waals surface area contributed by atoms with E-state index in [0.717, 1.165) is 19.5 Å². The van der Waals surface area contributed by atoms with Crippen molar-refractivity contribution in [3.8, 4) is 5.75 Å². The van der Waals surface area contributed by atoms with Crippen LogP contribution in [0.3, 0.4) is 0 Å². The van der Waals surface area contributed by atoms with Crippen molar-refractivity contribution >= 4 is 18.3 Å². The van der Waals surface area contributed by atoms with Crippen LogP contribution in [0.15, 0.2) is 48.5 Å². The second kappa shape index (κ2) is 6.20. The number of ether oxygens (including phenoxy) is 1. The van der Waals surface area contributed by atoms with Crippen LogP contribution in [0.25, 0.3) is 0 Å². The lowest BCUT2D eigenvalue weighted by molar-refractivity contribution is 0.324. The van der Waals surface area contributed by atoms with Gasteiger partial charge in [-0.25, -0.2) is 0 Å². The molecule has 1 aliphatic heterocycles. The molecule has 21 heavy (non-hydrogen) atoms. The minimum Gasteiger partial charge on any atom is -0.492 e. The molecule has 0 amide bonds. The number of benzene rings is 2. The van der Waals surface area contributed by atoms with Crippen LogP contribution < -0.4 is 15.1 Å². The molecule has 4 nitrogen and oxygen atoms in total. The molecule has 0 aliphatic carbocycles. The van der Waals surface area contributed by atoms with Gasteiger partial charge in [-0.05, 0) is 35.6 Å². The largest absolute Gasteiger partial charge is 0.492 e. The van der Waals surface area contributed by atoms with Crippen LogP contribution in [0.5, 0.6) is 5.75 Å². The van der Waals surface area contributed by atoms with Gasteiger partial charge in [0.25, 0.3) is 0 Å². The predicted molar refractivity (Wildman–Crippen MR) is 84.1 cm³/mol. The van der Waals surface area contributed by atoms with E-state index in [9.17, 15) is 0 Å². The third kappa shape index (κ3) is 3.20. The highest BCUT2D eigenvalue weighted by Crippen LogP contribution is 2.26. The number of rotatable bonds is 5. The van der Waals surface area contributed by atoms with Crippen molar-refractivity contribution in [2.24, 2.45) is 0 Å². The quantitative estimate of drug-likeness (QED) is 0.797. The number of fused-ring (bicyclic) bond motifs is 1. The maximum Gasteiger partial charge on any atom is 0.488 e. The third-order valence-corrected chi connectivity index (χ3v) is 3.77. The Balaban J connectivity index is 1.56. The summed E-state index contributed by atoms with van der Waals surface area (Å²) in [6.45, 7) is 2.42. The van der Waals surface area contributed by atoms with Crippen molar-refractivity contribution in [1.29, 1.82) is 0 Å². The lowest BCUT2D eigenvalue weighted by atomic mass is 9.80. The summed E-state index contributed by atoms with van der Waals surface area (Å²) >= 11 is 0. The van der Waals surface area contributed by atoms with Crippen LogP contribution >= 0.6 is 0 Å².